The van der Waals surface area contributed by atoms with Crippen molar-refractivity contribution in [3.63, 3.8) is 0 Å². The van der Waals surface area contributed by atoms with Crippen molar-refractivity contribution >= 4 is 29.2 Å². The lowest BCUT2D eigenvalue weighted by Crippen LogP contribution is -2.30. The largest absolute Gasteiger partial charge is 0.495 e. The summed E-state index contributed by atoms with van der Waals surface area (Å²) in [5.41, 5.74) is 2.03. The third-order valence-corrected chi connectivity index (χ3v) is 4.09. The smallest absolute Gasteiger partial charge is 0.306 e. The van der Waals surface area contributed by atoms with Gasteiger partial charge in [-0.25, -0.2) is 0 Å². The molecule has 140 valence electrons. The van der Waals surface area contributed by atoms with E-state index in [4.69, 9.17) is 25.6 Å². The molecule has 1 heterocycles. The van der Waals surface area contributed by atoms with Crippen LogP contribution in [-0.4, -0.2) is 30.2 Å². The van der Waals surface area contributed by atoms with Crippen molar-refractivity contribution < 1.29 is 23.6 Å². The fourth-order valence-corrected chi connectivity index (χ4v) is 2.58. The zero-order valence-electron chi connectivity index (χ0n) is 15.1. The number of hydrogen-bond acceptors (Lipinski definition) is 6. The summed E-state index contributed by atoms with van der Waals surface area (Å²) in [7, 11) is 1.48. The van der Waals surface area contributed by atoms with Crippen LogP contribution in [0.25, 0.3) is 0 Å². The molecular weight excluding hydrogens is 360 g/mol. The summed E-state index contributed by atoms with van der Waals surface area (Å²) >= 11 is 5.93. The molecule has 2 rings (SSSR count). The predicted molar refractivity (Wildman–Crippen MR) is 96.5 cm³/mol. The number of aromatic nitrogens is 1. The topological polar surface area (TPSA) is 90.7 Å². The van der Waals surface area contributed by atoms with Gasteiger partial charge in [0, 0.05) is 17.0 Å². The Morgan fingerprint density at radius 2 is 2.08 bits per heavy atom. The van der Waals surface area contributed by atoms with Crippen molar-refractivity contribution in [1.82, 2.24) is 5.16 Å². The number of esters is 1. The molecule has 1 aromatic carbocycles. The molecule has 1 atom stereocenters. The Balaban J connectivity index is 1.90. The van der Waals surface area contributed by atoms with Crippen LogP contribution in [0.15, 0.2) is 22.7 Å². The van der Waals surface area contributed by atoms with Gasteiger partial charge in [-0.2, -0.15) is 0 Å². The predicted octanol–water partition coefficient (Wildman–Crippen LogP) is 3.46. The van der Waals surface area contributed by atoms with Crippen molar-refractivity contribution in [2.75, 3.05) is 12.4 Å². The van der Waals surface area contributed by atoms with E-state index in [0.29, 0.717) is 28.6 Å². The molecule has 0 aliphatic heterocycles. The first kappa shape index (κ1) is 19.8. The van der Waals surface area contributed by atoms with Crippen molar-refractivity contribution in [2.24, 2.45) is 0 Å². The molecule has 0 bridgehead atoms. The van der Waals surface area contributed by atoms with Gasteiger partial charge in [-0.3, -0.25) is 9.59 Å². The Morgan fingerprint density at radius 1 is 1.35 bits per heavy atom. The maximum absolute atomic E-state index is 12.3. The standard InChI is InChI=1S/C18H21ClN2O5/c1-10-14(11(2)26-21-10)6-8-17(22)25-12(3)18(23)20-15-9-13(19)5-7-16(15)24-4/h5,7,9,12H,6,8H2,1-4H3,(H,20,23)/t12-/m1/s1. The first-order valence-electron chi connectivity index (χ1n) is 8.07. The number of hydrogen-bond donors (Lipinski definition) is 1. The summed E-state index contributed by atoms with van der Waals surface area (Å²) < 4.78 is 15.4. The lowest BCUT2D eigenvalue weighted by molar-refractivity contribution is -0.153. The van der Waals surface area contributed by atoms with Gasteiger partial charge in [-0.15, -0.1) is 0 Å². The highest BCUT2D eigenvalue weighted by Crippen LogP contribution is 2.27. The van der Waals surface area contributed by atoms with E-state index in [9.17, 15) is 9.59 Å². The van der Waals surface area contributed by atoms with Gasteiger partial charge in [0.15, 0.2) is 6.10 Å². The fourth-order valence-electron chi connectivity index (χ4n) is 2.41. The number of halogens is 1. The number of methoxy groups -OCH3 is 1. The minimum Gasteiger partial charge on any atom is -0.495 e. The zero-order chi connectivity index (χ0) is 19.3. The van der Waals surface area contributed by atoms with E-state index in [2.05, 4.69) is 10.5 Å². The molecular formula is C18H21ClN2O5. The second kappa shape index (κ2) is 8.71. The number of rotatable bonds is 7. The van der Waals surface area contributed by atoms with Gasteiger partial charge in [0.2, 0.25) is 0 Å². The Bertz CT molecular complexity index is 783. The van der Waals surface area contributed by atoms with Crippen molar-refractivity contribution in [3.05, 3.63) is 40.2 Å². The molecule has 0 saturated heterocycles. The average molecular weight is 381 g/mol. The lowest BCUT2D eigenvalue weighted by atomic mass is 10.1. The van der Waals surface area contributed by atoms with Crippen LogP contribution in [0.4, 0.5) is 5.69 Å². The van der Waals surface area contributed by atoms with Crippen LogP contribution in [0, 0.1) is 13.8 Å². The van der Waals surface area contributed by atoms with E-state index in [1.165, 1.54) is 14.0 Å². The highest BCUT2D eigenvalue weighted by Gasteiger charge is 2.20. The molecule has 0 aliphatic carbocycles. The summed E-state index contributed by atoms with van der Waals surface area (Å²) in [6.07, 6.45) is -0.395. The Kier molecular flexibility index (Phi) is 6.63. The van der Waals surface area contributed by atoms with Gasteiger partial charge in [-0.1, -0.05) is 16.8 Å². The van der Waals surface area contributed by atoms with E-state index in [1.807, 2.05) is 6.92 Å². The molecule has 0 radical (unpaired) electrons. The monoisotopic (exact) mass is 380 g/mol. The van der Waals surface area contributed by atoms with Crippen LogP contribution in [0.1, 0.15) is 30.4 Å². The molecule has 1 N–H and O–H groups in total. The molecule has 0 saturated carbocycles. The maximum atomic E-state index is 12.3. The summed E-state index contributed by atoms with van der Waals surface area (Å²) in [5.74, 6) is 0.177. The van der Waals surface area contributed by atoms with Crippen LogP contribution in [0.2, 0.25) is 5.02 Å². The van der Waals surface area contributed by atoms with Gasteiger partial charge in [0.25, 0.3) is 5.91 Å². The minimum absolute atomic E-state index is 0.126. The quantitative estimate of drug-likeness (QED) is 0.740. The number of aryl methyl sites for hydroxylation is 2. The van der Waals surface area contributed by atoms with Gasteiger partial charge in [-0.05, 0) is 45.4 Å². The van der Waals surface area contributed by atoms with Gasteiger partial charge in [0.1, 0.15) is 11.5 Å². The highest BCUT2D eigenvalue weighted by atomic mass is 35.5. The van der Waals surface area contributed by atoms with Gasteiger partial charge in [0.05, 0.1) is 18.5 Å². The molecule has 1 amide bonds. The van der Waals surface area contributed by atoms with Crippen LogP contribution < -0.4 is 10.1 Å². The SMILES string of the molecule is COc1ccc(Cl)cc1NC(=O)[C@@H](C)OC(=O)CCc1c(C)noc1C. The number of benzene rings is 1. The van der Waals surface area contributed by atoms with Crippen LogP contribution in [0.5, 0.6) is 5.75 Å². The summed E-state index contributed by atoms with van der Waals surface area (Å²) in [6, 6.07) is 4.84. The maximum Gasteiger partial charge on any atom is 0.306 e. The average Bonchev–Trinajstić information content (AvgIpc) is 2.91. The van der Waals surface area contributed by atoms with E-state index in [1.54, 1.807) is 25.1 Å². The van der Waals surface area contributed by atoms with E-state index >= 15 is 0 Å². The number of ether oxygens (including phenoxy) is 2. The highest BCUT2D eigenvalue weighted by molar-refractivity contribution is 6.31. The Hall–Kier alpha value is -2.54. The molecule has 8 heteroatoms. The molecule has 26 heavy (non-hydrogen) atoms. The normalized spacial score (nSPS) is 11.7. The molecule has 7 nitrogen and oxygen atoms in total. The molecule has 0 fully saturated rings. The van der Waals surface area contributed by atoms with Crippen LogP contribution in [0.3, 0.4) is 0 Å². The van der Waals surface area contributed by atoms with Gasteiger partial charge < -0.3 is 19.3 Å². The van der Waals surface area contributed by atoms with E-state index in [0.717, 1.165) is 11.3 Å². The molecule has 0 unspecified atom stereocenters. The van der Waals surface area contributed by atoms with Crippen LogP contribution >= 0.6 is 11.6 Å². The van der Waals surface area contributed by atoms with Crippen molar-refractivity contribution in [2.45, 2.75) is 39.7 Å². The number of carbonyl (C=O) groups is 2. The molecule has 2 aromatic rings. The first-order valence-corrected chi connectivity index (χ1v) is 8.45. The number of nitrogens with zero attached hydrogens (tertiary/aromatic N) is 1. The van der Waals surface area contributed by atoms with E-state index < -0.39 is 18.0 Å². The number of nitrogens with one attached hydrogen (secondary N) is 1. The third-order valence-electron chi connectivity index (χ3n) is 3.86. The second-order valence-electron chi connectivity index (χ2n) is 5.77. The van der Waals surface area contributed by atoms with Crippen molar-refractivity contribution in [3.8, 4) is 5.75 Å². The lowest BCUT2D eigenvalue weighted by Gasteiger charge is -2.15. The molecule has 0 aliphatic rings. The van der Waals surface area contributed by atoms with E-state index in [-0.39, 0.29) is 6.42 Å². The Morgan fingerprint density at radius 3 is 2.69 bits per heavy atom. The summed E-state index contributed by atoms with van der Waals surface area (Å²) in [5, 5.41) is 6.93. The zero-order valence-corrected chi connectivity index (χ0v) is 15.8. The van der Waals surface area contributed by atoms with Crippen molar-refractivity contribution in [1.29, 1.82) is 0 Å². The third kappa shape index (κ3) is 4.98. The number of carbonyl (C=O) groups excluding carboxylic acids is 2. The molecule has 1 aromatic heterocycles. The van der Waals surface area contributed by atoms with Crippen LogP contribution in [-0.2, 0) is 20.7 Å². The number of amides is 1. The minimum atomic E-state index is -0.962. The molecule has 0 spiro atoms. The second-order valence-corrected chi connectivity index (χ2v) is 6.21. The fraction of sp³-hybridized carbons (Fsp3) is 0.389. The first-order chi connectivity index (χ1) is 12.3. The van der Waals surface area contributed by atoms with Gasteiger partial charge >= 0.3 is 5.97 Å². The Labute approximate surface area is 156 Å². The number of anilines is 1. The summed E-state index contributed by atoms with van der Waals surface area (Å²) in [4.78, 5) is 24.3. The summed E-state index contributed by atoms with van der Waals surface area (Å²) in [6.45, 7) is 5.10.